The smallest absolute Gasteiger partial charge is 0.128 e. The fraction of sp³-hybridized carbons (Fsp3) is 0.455. The highest BCUT2D eigenvalue weighted by atomic mass is 79.9. The Hall–Kier alpha value is -0.410. The van der Waals surface area contributed by atoms with Gasteiger partial charge in [-0.1, -0.05) is 35.8 Å². The molecule has 0 amide bonds. The third-order valence-corrected chi connectivity index (χ3v) is 3.38. The van der Waals surface area contributed by atoms with Crippen molar-refractivity contribution in [3.63, 3.8) is 0 Å². The van der Waals surface area contributed by atoms with E-state index in [1.165, 1.54) is 6.07 Å². The van der Waals surface area contributed by atoms with Crippen molar-refractivity contribution in [1.29, 1.82) is 0 Å². The van der Waals surface area contributed by atoms with E-state index in [0.29, 0.717) is 5.56 Å². The van der Waals surface area contributed by atoms with E-state index in [-0.39, 0.29) is 12.4 Å². The van der Waals surface area contributed by atoms with Crippen LogP contribution < -0.4 is 0 Å². The first kappa shape index (κ1) is 11.7. The number of rotatable bonds is 2. The van der Waals surface area contributed by atoms with Gasteiger partial charge in [0, 0.05) is 15.5 Å². The van der Waals surface area contributed by atoms with Crippen molar-refractivity contribution in [2.45, 2.75) is 26.2 Å². The summed E-state index contributed by atoms with van der Waals surface area (Å²) in [5.41, 5.74) is 0.956. The quantitative estimate of drug-likeness (QED) is 0.866. The molecule has 1 nitrogen and oxygen atoms in total. The summed E-state index contributed by atoms with van der Waals surface area (Å²) in [6, 6.07) is 3.16. The first-order chi connectivity index (χ1) is 6.40. The molecular formula is C11H14BrFO. The molecule has 0 aliphatic carbocycles. The van der Waals surface area contributed by atoms with Crippen LogP contribution in [0.15, 0.2) is 16.6 Å². The summed E-state index contributed by atoms with van der Waals surface area (Å²) in [5.74, 6) is -0.276. The summed E-state index contributed by atoms with van der Waals surface area (Å²) < 4.78 is 14.3. The van der Waals surface area contributed by atoms with Crippen molar-refractivity contribution in [3.05, 3.63) is 33.5 Å². The molecule has 0 unspecified atom stereocenters. The van der Waals surface area contributed by atoms with Gasteiger partial charge in [-0.05, 0) is 18.6 Å². The van der Waals surface area contributed by atoms with Gasteiger partial charge >= 0.3 is 0 Å². The van der Waals surface area contributed by atoms with Crippen LogP contribution in [0.2, 0.25) is 0 Å². The molecule has 0 saturated heterocycles. The highest BCUT2D eigenvalue weighted by Crippen LogP contribution is 2.34. The molecule has 0 heterocycles. The zero-order valence-corrected chi connectivity index (χ0v) is 10.2. The van der Waals surface area contributed by atoms with Crippen LogP contribution in [0.5, 0.6) is 0 Å². The molecule has 0 saturated carbocycles. The Morgan fingerprint density at radius 2 is 2.00 bits per heavy atom. The number of benzene rings is 1. The SMILES string of the molecule is Cc1ccc(F)c(C(C)(C)CO)c1Br. The minimum Gasteiger partial charge on any atom is -0.395 e. The molecule has 0 aliphatic heterocycles. The summed E-state index contributed by atoms with van der Waals surface area (Å²) in [4.78, 5) is 0. The number of hydrogen-bond acceptors (Lipinski definition) is 1. The van der Waals surface area contributed by atoms with Crippen molar-refractivity contribution in [1.82, 2.24) is 0 Å². The van der Waals surface area contributed by atoms with Crippen molar-refractivity contribution < 1.29 is 9.50 Å². The minimum atomic E-state index is -0.561. The van der Waals surface area contributed by atoms with Gasteiger partial charge in [0.05, 0.1) is 6.61 Å². The van der Waals surface area contributed by atoms with Gasteiger partial charge < -0.3 is 5.11 Å². The highest BCUT2D eigenvalue weighted by molar-refractivity contribution is 9.10. The first-order valence-corrected chi connectivity index (χ1v) is 5.25. The molecule has 0 bridgehead atoms. The molecule has 0 atom stereocenters. The standard InChI is InChI=1S/C11H14BrFO/c1-7-4-5-8(13)9(10(7)12)11(2,3)6-14/h4-5,14H,6H2,1-3H3. The Morgan fingerprint density at radius 1 is 1.43 bits per heavy atom. The van der Waals surface area contributed by atoms with E-state index in [0.717, 1.165) is 10.0 Å². The molecule has 78 valence electrons. The van der Waals surface area contributed by atoms with Crippen LogP contribution in [0, 0.1) is 12.7 Å². The Balaban J connectivity index is 3.40. The second-order valence-corrected chi connectivity index (χ2v) is 4.89. The molecule has 3 heteroatoms. The van der Waals surface area contributed by atoms with Gasteiger partial charge in [-0.3, -0.25) is 0 Å². The van der Waals surface area contributed by atoms with Gasteiger partial charge in [0.2, 0.25) is 0 Å². The van der Waals surface area contributed by atoms with Crippen molar-refractivity contribution >= 4 is 15.9 Å². The summed E-state index contributed by atoms with van der Waals surface area (Å²) in [5, 5.41) is 9.20. The monoisotopic (exact) mass is 260 g/mol. The van der Waals surface area contributed by atoms with Crippen LogP contribution in [0.1, 0.15) is 25.0 Å². The first-order valence-electron chi connectivity index (χ1n) is 4.46. The van der Waals surface area contributed by atoms with Crippen LogP contribution in [-0.4, -0.2) is 11.7 Å². The molecule has 1 rings (SSSR count). The molecular weight excluding hydrogens is 247 g/mol. The normalized spacial score (nSPS) is 11.9. The van der Waals surface area contributed by atoms with E-state index in [2.05, 4.69) is 15.9 Å². The Kier molecular flexibility index (Phi) is 3.32. The second kappa shape index (κ2) is 3.99. The van der Waals surface area contributed by atoms with Crippen LogP contribution in [0.25, 0.3) is 0 Å². The van der Waals surface area contributed by atoms with Gasteiger partial charge in [0.1, 0.15) is 5.82 Å². The Bertz CT molecular complexity index is 347. The summed E-state index contributed by atoms with van der Waals surface area (Å²) in [7, 11) is 0. The molecule has 1 N–H and O–H groups in total. The minimum absolute atomic E-state index is 0.0774. The fourth-order valence-electron chi connectivity index (χ4n) is 1.36. The molecule has 0 radical (unpaired) electrons. The van der Waals surface area contributed by atoms with E-state index >= 15 is 0 Å². The molecule has 1 aromatic rings. The summed E-state index contributed by atoms with van der Waals surface area (Å²) >= 11 is 3.36. The number of hydrogen-bond donors (Lipinski definition) is 1. The average Bonchev–Trinajstić information content (AvgIpc) is 2.12. The van der Waals surface area contributed by atoms with Gasteiger partial charge in [0.15, 0.2) is 0 Å². The van der Waals surface area contributed by atoms with Crippen LogP contribution >= 0.6 is 15.9 Å². The zero-order chi connectivity index (χ0) is 10.9. The molecule has 0 fully saturated rings. The van der Waals surface area contributed by atoms with Gasteiger partial charge in [0.25, 0.3) is 0 Å². The third kappa shape index (κ3) is 1.98. The highest BCUT2D eigenvalue weighted by Gasteiger charge is 2.26. The van der Waals surface area contributed by atoms with E-state index in [9.17, 15) is 9.50 Å². The van der Waals surface area contributed by atoms with E-state index < -0.39 is 5.41 Å². The van der Waals surface area contributed by atoms with Crippen LogP contribution in [0.3, 0.4) is 0 Å². The predicted octanol–water partition coefficient (Wildman–Crippen LogP) is 3.17. The second-order valence-electron chi connectivity index (χ2n) is 4.10. The third-order valence-electron chi connectivity index (χ3n) is 2.36. The fourth-order valence-corrected chi connectivity index (χ4v) is 2.21. The lowest BCUT2D eigenvalue weighted by molar-refractivity contribution is 0.214. The maximum absolute atomic E-state index is 13.6. The maximum atomic E-state index is 13.6. The predicted molar refractivity (Wildman–Crippen MR) is 58.9 cm³/mol. The number of aliphatic hydroxyl groups is 1. The topological polar surface area (TPSA) is 20.2 Å². The molecule has 0 aromatic heterocycles. The number of aliphatic hydroxyl groups excluding tert-OH is 1. The van der Waals surface area contributed by atoms with E-state index in [4.69, 9.17) is 0 Å². The average molecular weight is 261 g/mol. The molecule has 14 heavy (non-hydrogen) atoms. The molecule has 0 aliphatic rings. The zero-order valence-electron chi connectivity index (χ0n) is 8.56. The maximum Gasteiger partial charge on any atom is 0.128 e. The van der Waals surface area contributed by atoms with Crippen molar-refractivity contribution in [2.24, 2.45) is 0 Å². The van der Waals surface area contributed by atoms with E-state index in [1.54, 1.807) is 6.07 Å². The van der Waals surface area contributed by atoms with Gasteiger partial charge in [-0.15, -0.1) is 0 Å². The largest absolute Gasteiger partial charge is 0.395 e. The Labute approximate surface area is 92.1 Å². The summed E-state index contributed by atoms with van der Waals surface area (Å²) in [6.07, 6.45) is 0. The lowest BCUT2D eigenvalue weighted by Gasteiger charge is -2.25. The van der Waals surface area contributed by atoms with E-state index in [1.807, 2.05) is 20.8 Å². The van der Waals surface area contributed by atoms with Gasteiger partial charge in [-0.25, -0.2) is 4.39 Å². The summed E-state index contributed by atoms with van der Waals surface area (Å²) in [6.45, 7) is 5.46. The lowest BCUT2D eigenvalue weighted by atomic mass is 9.84. The van der Waals surface area contributed by atoms with Crippen LogP contribution in [0.4, 0.5) is 4.39 Å². The Morgan fingerprint density at radius 3 is 2.50 bits per heavy atom. The molecule has 0 spiro atoms. The number of halogens is 2. The van der Waals surface area contributed by atoms with Gasteiger partial charge in [-0.2, -0.15) is 0 Å². The van der Waals surface area contributed by atoms with Crippen molar-refractivity contribution in [3.8, 4) is 0 Å². The van der Waals surface area contributed by atoms with Crippen LogP contribution in [-0.2, 0) is 5.41 Å². The molecule has 1 aromatic carbocycles. The lowest BCUT2D eigenvalue weighted by Crippen LogP contribution is -2.24. The van der Waals surface area contributed by atoms with Crippen molar-refractivity contribution in [2.75, 3.05) is 6.61 Å². The number of aryl methyl sites for hydroxylation is 1.